The zero-order valence-corrected chi connectivity index (χ0v) is 11.6. The number of nitrogens with zero attached hydrogens (tertiary/aromatic N) is 2. The van der Waals surface area contributed by atoms with Crippen LogP contribution in [0.4, 0.5) is 0 Å². The van der Waals surface area contributed by atoms with Gasteiger partial charge in [-0.05, 0) is 38.6 Å². The predicted molar refractivity (Wildman–Crippen MR) is 72.5 cm³/mol. The third-order valence-corrected chi connectivity index (χ3v) is 4.02. The lowest BCUT2D eigenvalue weighted by Gasteiger charge is -2.14. The average molecular weight is 249 g/mol. The quantitative estimate of drug-likeness (QED) is 0.903. The monoisotopic (exact) mass is 249 g/mol. The molecular formula is C13H19N3S. The summed E-state index contributed by atoms with van der Waals surface area (Å²) in [5, 5.41) is 7.89. The molecule has 0 saturated heterocycles. The van der Waals surface area contributed by atoms with Crippen molar-refractivity contribution in [1.82, 2.24) is 15.1 Å². The fourth-order valence-electron chi connectivity index (χ4n) is 2.03. The molecule has 0 saturated carbocycles. The Bertz CT molecular complexity index is 498. The standard InChI is InChI=1S/C13H19N3S/c1-5-10-8-11(16(4)15-10)13(14-3)12-7-6-9(2)17-12/h6-8,13-14H,5H2,1-4H3. The van der Waals surface area contributed by atoms with Crippen LogP contribution in [0.15, 0.2) is 18.2 Å². The summed E-state index contributed by atoms with van der Waals surface area (Å²) < 4.78 is 1.98. The number of aryl methyl sites for hydroxylation is 3. The summed E-state index contributed by atoms with van der Waals surface area (Å²) in [6, 6.07) is 6.80. The van der Waals surface area contributed by atoms with Crippen LogP contribution in [0, 0.1) is 6.92 Å². The molecule has 0 spiro atoms. The molecule has 0 amide bonds. The summed E-state index contributed by atoms with van der Waals surface area (Å²) >= 11 is 1.84. The van der Waals surface area contributed by atoms with Crippen molar-refractivity contribution < 1.29 is 0 Å². The van der Waals surface area contributed by atoms with Gasteiger partial charge < -0.3 is 5.32 Å². The van der Waals surface area contributed by atoms with Gasteiger partial charge in [-0.2, -0.15) is 5.10 Å². The van der Waals surface area contributed by atoms with Gasteiger partial charge >= 0.3 is 0 Å². The highest BCUT2D eigenvalue weighted by Gasteiger charge is 2.18. The molecule has 0 fully saturated rings. The van der Waals surface area contributed by atoms with Gasteiger partial charge in [-0.3, -0.25) is 4.68 Å². The Morgan fingerprint density at radius 3 is 2.71 bits per heavy atom. The van der Waals surface area contributed by atoms with E-state index in [9.17, 15) is 0 Å². The van der Waals surface area contributed by atoms with E-state index in [0.717, 1.165) is 12.1 Å². The van der Waals surface area contributed by atoms with Crippen LogP contribution >= 0.6 is 11.3 Å². The van der Waals surface area contributed by atoms with Crippen molar-refractivity contribution in [2.45, 2.75) is 26.3 Å². The molecule has 0 aromatic carbocycles. The van der Waals surface area contributed by atoms with E-state index in [0.29, 0.717) is 0 Å². The van der Waals surface area contributed by atoms with Crippen LogP contribution in [-0.4, -0.2) is 16.8 Å². The van der Waals surface area contributed by atoms with Gasteiger partial charge in [-0.25, -0.2) is 0 Å². The number of nitrogens with one attached hydrogen (secondary N) is 1. The minimum Gasteiger partial charge on any atom is -0.307 e. The van der Waals surface area contributed by atoms with Crippen molar-refractivity contribution in [3.05, 3.63) is 39.3 Å². The second-order valence-corrected chi connectivity index (χ2v) is 5.53. The lowest BCUT2D eigenvalue weighted by atomic mass is 10.1. The van der Waals surface area contributed by atoms with Crippen LogP contribution in [0.5, 0.6) is 0 Å². The summed E-state index contributed by atoms with van der Waals surface area (Å²) in [7, 11) is 4.01. The molecule has 2 rings (SSSR count). The molecule has 0 aliphatic rings. The van der Waals surface area contributed by atoms with Gasteiger partial charge in [0.1, 0.15) is 0 Å². The highest BCUT2D eigenvalue weighted by atomic mass is 32.1. The molecule has 1 atom stereocenters. The third-order valence-electron chi connectivity index (χ3n) is 2.96. The number of hydrogen-bond donors (Lipinski definition) is 1. The van der Waals surface area contributed by atoms with E-state index in [-0.39, 0.29) is 6.04 Å². The fraction of sp³-hybridized carbons (Fsp3) is 0.462. The van der Waals surface area contributed by atoms with Crippen molar-refractivity contribution in [3.8, 4) is 0 Å². The number of rotatable bonds is 4. The summed E-state index contributed by atoms with van der Waals surface area (Å²) in [4.78, 5) is 2.69. The normalized spacial score (nSPS) is 12.9. The predicted octanol–water partition coefficient (Wildman–Crippen LogP) is 2.66. The average Bonchev–Trinajstić information content (AvgIpc) is 2.88. The van der Waals surface area contributed by atoms with Crippen LogP contribution < -0.4 is 5.32 Å². The molecule has 3 nitrogen and oxygen atoms in total. The van der Waals surface area contributed by atoms with Crippen LogP contribution in [-0.2, 0) is 13.5 Å². The number of hydrogen-bond acceptors (Lipinski definition) is 3. The molecule has 1 N–H and O–H groups in total. The molecule has 17 heavy (non-hydrogen) atoms. The van der Waals surface area contributed by atoms with Crippen molar-refractivity contribution >= 4 is 11.3 Å². The van der Waals surface area contributed by atoms with E-state index in [1.165, 1.54) is 15.4 Å². The Hall–Kier alpha value is -1.13. The molecule has 92 valence electrons. The Morgan fingerprint density at radius 1 is 1.47 bits per heavy atom. The van der Waals surface area contributed by atoms with Gasteiger partial charge in [-0.1, -0.05) is 6.92 Å². The molecule has 0 radical (unpaired) electrons. The molecule has 1 unspecified atom stereocenters. The third kappa shape index (κ3) is 2.42. The van der Waals surface area contributed by atoms with E-state index >= 15 is 0 Å². The second kappa shape index (κ2) is 5.02. The maximum Gasteiger partial charge on any atom is 0.0839 e. The molecule has 2 aromatic heterocycles. The first-order valence-electron chi connectivity index (χ1n) is 5.92. The molecule has 2 heterocycles. The fourth-order valence-corrected chi connectivity index (χ4v) is 3.03. The maximum atomic E-state index is 4.51. The Kier molecular flexibility index (Phi) is 3.64. The topological polar surface area (TPSA) is 29.9 Å². The van der Waals surface area contributed by atoms with Crippen molar-refractivity contribution in [2.75, 3.05) is 7.05 Å². The number of aromatic nitrogens is 2. The Labute approximate surface area is 106 Å². The lowest BCUT2D eigenvalue weighted by Crippen LogP contribution is -2.19. The van der Waals surface area contributed by atoms with E-state index in [2.05, 4.69) is 42.5 Å². The van der Waals surface area contributed by atoms with Crippen molar-refractivity contribution in [1.29, 1.82) is 0 Å². The van der Waals surface area contributed by atoms with E-state index in [1.807, 2.05) is 30.1 Å². The van der Waals surface area contributed by atoms with Gasteiger partial charge in [0.05, 0.1) is 17.4 Å². The molecule has 4 heteroatoms. The van der Waals surface area contributed by atoms with Gasteiger partial charge in [0.2, 0.25) is 0 Å². The van der Waals surface area contributed by atoms with Crippen LogP contribution in [0.2, 0.25) is 0 Å². The van der Waals surface area contributed by atoms with Crippen LogP contribution in [0.3, 0.4) is 0 Å². The molecule has 0 aliphatic heterocycles. The molecule has 0 bridgehead atoms. The first-order valence-corrected chi connectivity index (χ1v) is 6.73. The summed E-state index contributed by atoms with van der Waals surface area (Å²) in [6.07, 6.45) is 0.980. The lowest BCUT2D eigenvalue weighted by molar-refractivity contribution is 0.610. The zero-order valence-electron chi connectivity index (χ0n) is 10.8. The second-order valence-electron chi connectivity index (χ2n) is 4.21. The minimum absolute atomic E-state index is 0.242. The summed E-state index contributed by atoms with van der Waals surface area (Å²) in [6.45, 7) is 4.28. The Morgan fingerprint density at radius 2 is 2.24 bits per heavy atom. The summed E-state index contributed by atoms with van der Waals surface area (Å²) in [5.74, 6) is 0. The van der Waals surface area contributed by atoms with E-state index in [4.69, 9.17) is 0 Å². The van der Waals surface area contributed by atoms with Gasteiger partial charge in [0.25, 0.3) is 0 Å². The minimum atomic E-state index is 0.242. The zero-order chi connectivity index (χ0) is 12.4. The Balaban J connectivity index is 2.37. The van der Waals surface area contributed by atoms with Gasteiger partial charge in [0.15, 0.2) is 0 Å². The molecular weight excluding hydrogens is 230 g/mol. The van der Waals surface area contributed by atoms with Gasteiger partial charge in [-0.15, -0.1) is 11.3 Å². The first-order chi connectivity index (χ1) is 8.15. The maximum absolute atomic E-state index is 4.51. The van der Waals surface area contributed by atoms with Crippen molar-refractivity contribution in [3.63, 3.8) is 0 Å². The van der Waals surface area contributed by atoms with Crippen molar-refractivity contribution in [2.24, 2.45) is 7.05 Å². The van der Waals surface area contributed by atoms with E-state index < -0.39 is 0 Å². The summed E-state index contributed by atoms with van der Waals surface area (Å²) in [5.41, 5.74) is 2.38. The molecule has 2 aromatic rings. The highest BCUT2D eigenvalue weighted by molar-refractivity contribution is 7.12. The largest absolute Gasteiger partial charge is 0.307 e. The smallest absolute Gasteiger partial charge is 0.0839 e. The molecule has 0 aliphatic carbocycles. The van der Waals surface area contributed by atoms with Gasteiger partial charge in [0, 0.05) is 16.8 Å². The first kappa shape index (κ1) is 12.3. The SMILES string of the molecule is CCc1cc(C(NC)c2ccc(C)s2)n(C)n1. The number of thiophene rings is 1. The van der Waals surface area contributed by atoms with Crippen LogP contribution in [0.1, 0.15) is 34.1 Å². The van der Waals surface area contributed by atoms with Crippen LogP contribution in [0.25, 0.3) is 0 Å². The van der Waals surface area contributed by atoms with E-state index in [1.54, 1.807) is 0 Å². The highest BCUT2D eigenvalue weighted by Crippen LogP contribution is 2.28.